The number of amides is 2. The van der Waals surface area contributed by atoms with Gasteiger partial charge in [0.05, 0.1) is 38.3 Å². The minimum absolute atomic E-state index is 0. The number of methoxy groups -OCH3 is 1. The molecular formula is C37H37Cl4LiN2O9. The largest absolute Gasteiger partial charge is 1.00 e. The standard InChI is InChI=1S/C19H19Cl2NO4.C18H17Cl2NO4.Li.H2O/c1-19(2,3)26-16-14(20)9-12(10-15(16)21)17(23)22-13-7-5-11(6-8-13)18(24)25-4;1-18(2,3)25-15-13(19)8-11(9-14(15)20)16(22)21-12-6-4-10(5-7-12)17(23)24;;/h5-10H,1-4H3,(H,22,23);4-9H,1-3H3,(H,21,22)(H,23,24);;1H2/q;;+1;/p-1. The number of hydrogen-bond acceptors (Lipinski definition) is 8. The molecule has 0 fully saturated rings. The molecule has 0 radical (unpaired) electrons. The second-order valence-electron chi connectivity index (χ2n) is 12.8. The number of esters is 1. The number of halogens is 4. The molecule has 2 amide bonds. The summed E-state index contributed by atoms with van der Waals surface area (Å²) in [5.41, 5.74) is 1.09. The average molecular weight is 802 g/mol. The summed E-state index contributed by atoms with van der Waals surface area (Å²) in [5, 5.41) is 15.2. The molecule has 4 N–H and O–H groups in total. The van der Waals surface area contributed by atoms with Crippen molar-refractivity contribution in [2.45, 2.75) is 52.7 Å². The van der Waals surface area contributed by atoms with Crippen LogP contribution in [-0.2, 0) is 4.74 Å². The van der Waals surface area contributed by atoms with Crippen LogP contribution in [0, 0.1) is 0 Å². The van der Waals surface area contributed by atoms with E-state index < -0.39 is 29.0 Å². The first-order chi connectivity index (χ1) is 23.7. The summed E-state index contributed by atoms with van der Waals surface area (Å²) in [6, 6.07) is 18.0. The molecule has 0 saturated heterocycles. The molecule has 0 aromatic heterocycles. The maximum Gasteiger partial charge on any atom is 1.00 e. The third-order valence-electron chi connectivity index (χ3n) is 6.29. The zero-order valence-electron chi connectivity index (χ0n) is 30.2. The first-order valence-corrected chi connectivity index (χ1v) is 16.7. The summed E-state index contributed by atoms with van der Waals surface area (Å²) < 4.78 is 16.1. The molecule has 0 aliphatic rings. The molecule has 0 bridgehead atoms. The number of nitrogens with one attached hydrogen (secondary N) is 2. The third kappa shape index (κ3) is 14.4. The van der Waals surface area contributed by atoms with Gasteiger partial charge in [0.15, 0.2) is 11.5 Å². The number of carboxylic acid groups (broad SMARTS) is 1. The van der Waals surface area contributed by atoms with Gasteiger partial charge in [-0.3, -0.25) is 9.59 Å². The van der Waals surface area contributed by atoms with Gasteiger partial charge in [0.25, 0.3) is 11.8 Å². The number of anilines is 2. The molecule has 0 spiro atoms. The molecule has 0 heterocycles. The molecule has 0 aliphatic heterocycles. The zero-order chi connectivity index (χ0) is 38.3. The van der Waals surface area contributed by atoms with E-state index >= 15 is 0 Å². The molecule has 0 saturated carbocycles. The minimum Gasteiger partial charge on any atom is -0.870 e. The normalized spacial score (nSPS) is 10.6. The van der Waals surface area contributed by atoms with Crippen LogP contribution in [0.1, 0.15) is 83.0 Å². The molecular weight excluding hydrogens is 765 g/mol. The molecule has 4 aromatic rings. The van der Waals surface area contributed by atoms with E-state index in [0.717, 1.165) is 0 Å². The van der Waals surface area contributed by atoms with Gasteiger partial charge in [-0.05, 0) is 114 Å². The second-order valence-corrected chi connectivity index (χ2v) is 14.5. The van der Waals surface area contributed by atoms with Crippen molar-refractivity contribution in [3.63, 3.8) is 0 Å². The SMILES string of the molecule is CC(C)(C)Oc1c(Cl)cc(C(=O)Nc2ccc(C(=O)O)cc2)cc1Cl.COC(=O)c1ccc(NC(=O)c2cc(Cl)c(OC(C)(C)C)c(Cl)c2)cc1.[Li+].[OH-]. The van der Waals surface area contributed by atoms with Crippen molar-refractivity contribution < 1.29 is 62.8 Å². The number of hydrogen-bond donors (Lipinski definition) is 3. The fourth-order valence-corrected chi connectivity index (χ4v) is 5.23. The molecule has 0 aliphatic carbocycles. The molecule has 53 heavy (non-hydrogen) atoms. The van der Waals surface area contributed by atoms with Crippen molar-refractivity contribution in [1.29, 1.82) is 0 Å². The van der Waals surface area contributed by atoms with E-state index in [-0.39, 0.29) is 61.5 Å². The van der Waals surface area contributed by atoms with Gasteiger partial charge >= 0.3 is 30.8 Å². The Bertz CT molecular complexity index is 1880. The molecule has 0 unspecified atom stereocenters. The van der Waals surface area contributed by atoms with Crippen molar-refractivity contribution in [1.82, 2.24) is 0 Å². The molecule has 11 nitrogen and oxygen atoms in total. The Labute approximate surface area is 339 Å². The first-order valence-electron chi connectivity index (χ1n) is 15.2. The second kappa shape index (κ2) is 20.0. The summed E-state index contributed by atoms with van der Waals surface area (Å²) in [7, 11) is 1.30. The van der Waals surface area contributed by atoms with E-state index in [4.69, 9.17) is 61.0 Å². The Morgan fingerprint density at radius 3 is 1.13 bits per heavy atom. The van der Waals surface area contributed by atoms with Crippen molar-refractivity contribution in [2.75, 3.05) is 17.7 Å². The summed E-state index contributed by atoms with van der Waals surface area (Å²) in [5.74, 6) is -1.64. The summed E-state index contributed by atoms with van der Waals surface area (Å²) in [4.78, 5) is 47.0. The van der Waals surface area contributed by atoms with Crippen LogP contribution in [0.3, 0.4) is 0 Å². The Morgan fingerprint density at radius 1 is 0.566 bits per heavy atom. The van der Waals surface area contributed by atoms with Gasteiger partial charge in [-0.2, -0.15) is 0 Å². The van der Waals surface area contributed by atoms with E-state index in [1.54, 1.807) is 24.3 Å². The number of carbonyl (C=O) groups excluding carboxylic acids is 3. The van der Waals surface area contributed by atoms with E-state index in [0.29, 0.717) is 34.0 Å². The molecule has 0 atom stereocenters. The Hall–Kier alpha value is -3.92. The minimum atomic E-state index is -1.04. The van der Waals surface area contributed by atoms with Crippen LogP contribution in [0.15, 0.2) is 72.8 Å². The van der Waals surface area contributed by atoms with Gasteiger partial charge in [-0.1, -0.05) is 46.4 Å². The van der Waals surface area contributed by atoms with Gasteiger partial charge in [-0.25, -0.2) is 9.59 Å². The van der Waals surface area contributed by atoms with Gasteiger partial charge in [0, 0.05) is 22.5 Å². The monoisotopic (exact) mass is 800 g/mol. The van der Waals surface area contributed by atoms with E-state index in [2.05, 4.69) is 15.4 Å². The van der Waals surface area contributed by atoms with Crippen molar-refractivity contribution in [3.8, 4) is 11.5 Å². The molecule has 16 heteroatoms. The predicted molar refractivity (Wildman–Crippen MR) is 203 cm³/mol. The first kappa shape index (κ1) is 47.1. The van der Waals surface area contributed by atoms with Crippen LogP contribution in [-0.4, -0.2) is 52.6 Å². The van der Waals surface area contributed by atoms with Gasteiger partial charge in [0.2, 0.25) is 0 Å². The van der Waals surface area contributed by atoms with Crippen LogP contribution in [0.5, 0.6) is 11.5 Å². The Kier molecular flexibility index (Phi) is 17.7. The van der Waals surface area contributed by atoms with E-state index in [9.17, 15) is 19.2 Å². The Morgan fingerprint density at radius 2 is 0.868 bits per heavy atom. The van der Waals surface area contributed by atoms with Crippen LogP contribution in [0.2, 0.25) is 20.1 Å². The maximum absolute atomic E-state index is 12.4. The molecule has 278 valence electrons. The predicted octanol–water partition coefficient (Wildman–Crippen LogP) is 7.16. The van der Waals surface area contributed by atoms with Crippen molar-refractivity contribution in [3.05, 3.63) is 115 Å². The zero-order valence-corrected chi connectivity index (χ0v) is 33.2. The molecule has 4 rings (SSSR count). The van der Waals surface area contributed by atoms with E-state index in [1.165, 1.54) is 55.6 Å². The van der Waals surface area contributed by atoms with Gasteiger partial charge in [-0.15, -0.1) is 0 Å². The average Bonchev–Trinajstić information content (AvgIpc) is 3.04. The fraction of sp³-hybridized carbons (Fsp3) is 0.243. The van der Waals surface area contributed by atoms with Crippen LogP contribution in [0.4, 0.5) is 11.4 Å². The number of rotatable bonds is 8. The number of aromatic carboxylic acids is 1. The maximum atomic E-state index is 12.4. The quantitative estimate of drug-likeness (QED) is 0.124. The van der Waals surface area contributed by atoms with Crippen molar-refractivity contribution in [2.24, 2.45) is 0 Å². The van der Waals surface area contributed by atoms with Gasteiger partial charge in [0.1, 0.15) is 11.2 Å². The Balaban J connectivity index is 0.000000511. The fourth-order valence-electron chi connectivity index (χ4n) is 4.10. The summed E-state index contributed by atoms with van der Waals surface area (Å²) >= 11 is 24.8. The smallest absolute Gasteiger partial charge is 0.870 e. The number of carbonyl (C=O) groups is 4. The van der Waals surface area contributed by atoms with Crippen LogP contribution in [0.25, 0.3) is 0 Å². The van der Waals surface area contributed by atoms with E-state index in [1.807, 2.05) is 41.5 Å². The van der Waals surface area contributed by atoms with Gasteiger partial charge < -0.3 is 35.4 Å². The van der Waals surface area contributed by atoms with Crippen LogP contribution >= 0.6 is 46.4 Å². The van der Waals surface area contributed by atoms with Crippen LogP contribution < -0.4 is 39.0 Å². The number of ether oxygens (including phenoxy) is 3. The summed E-state index contributed by atoms with van der Waals surface area (Å²) in [6.07, 6.45) is 0. The molecule has 4 aromatic carbocycles. The topological polar surface area (TPSA) is 170 Å². The van der Waals surface area contributed by atoms with Crippen molar-refractivity contribution >= 4 is 81.5 Å². The summed E-state index contributed by atoms with van der Waals surface area (Å²) in [6.45, 7) is 11.2. The third-order valence-corrected chi connectivity index (χ3v) is 7.41. The number of carboxylic acids is 1. The number of benzene rings is 4.